The van der Waals surface area contributed by atoms with E-state index in [4.69, 9.17) is 9.15 Å². The number of carbonyl (C=O) groups excluding carboxylic acids is 2. The molecule has 2 amide bonds. The Balaban J connectivity index is 1.50. The molecule has 0 unspecified atom stereocenters. The average molecular weight is 356 g/mol. The van der Waals surface area contributed by atoms with Crippen LogP contribution < -0.4 is 10.1 Å². The zero-order valence-corrected chi connectivity index (χ0v) is 15.1. The van der Waals surface area contributed by atoms with Gasteiger partial charge in [0.2, 0.25) is 5.91 Å². The second-order valence-corrected chi connectivity index (χ2v) is 6.72. The summed E-state index contributed by atoms with van der Waals surface area (Å²) in [6.45, 7) is 5.05. The number of amides is 2. The lowest BCUT2D eigenvalue weighted by Crippen LogP contribution is -2.41. The molecule has 1 aromatic heterocycles. The summed E-state index contributed by atoms with van der Waals surface area (Å²) in [5.74, 6) is 0.906. The van der Waals surface area contributed by atoms with Crippen molar-refractivity contribution in [3.8, 4) is 5.75 Å². The Morgan fingerprint density at radius 1 is 1.15 bits per heavy atom. The van der Waals surface area contributed by atoms with E-state index in [9.17, 15) is 9.59 Å². The highest BCUT2D eigenvalue weighted by Crippen LogP contribution is 2.22. The number of nitrogens with one attached hydrogen (secondary N) is 1. The Hall–Kier alpha value is -2.76. The highest BCUT2D eigenvalue weighted by Gasteiger charge is 2.28. The molecule has 6 nitrogen and oxygen atoms in total. The van der Waals surface area contributed by atoms with Gasteiger partial charge < -0.3 is 19.4 Å². The summed E-state index contributed by atoms with van der Waals surface area (Å²) in [5, 5.41) is 2.95. The number of nitrogens with zero attached hydrogens (tertiary/aromatic N) is 1. The largest absolute Gasteiger partial charge is 0.491 e. The normalized spacial score (nSPS) is 15.1. The third-order valence-electron chi connectivity index (χ3n) is 4.38. The molecule has 26 heavy (non-hydrogen) atoms. The van der Waals surface area contributed by atoms with Crippen LogP contribution in [0, 0.1) is 5.92 Å². The van der Waals surface area contributed by atoms with Gasteiger partial charge in [-0.15, -0.1) is 0 Å². The Morgan fingerprint density at radius 2 is 1.85 bits per heavy atom. The van der Waals surface area contributed by atoms with Crippen molar-refractivity contribution in [2.24, 2.45) is 5.92 Å². The third-order valence-corrected chi connectivity index (χ3v) is 4.38. The van der Waals surface area contributed by atoms with Crippen LogP contribution in [0.2, 0.25) is 0 Å². The van der Waals surface area contributed by atoms with E-state index in [1.54, 1.807) is 17.0 Å². The van der Waals surface area contributed by atoms with Gasteiger partial charge in [0.15, 0.2) is 5.76 Å². The van der Waals surface area contributed by atoms with Crippen molar-refractivity contribution in [3.63, 3.8) is 0 Å². The van der Waals surface area contributed by atoms with Gasteiger partial charge >= 0.3 is 0 Å². The number of hydrogen-bond donors (Lipinski definition) is 1. The van der Waals surface area contributed by atoms with Crippen molar-refractivity contribution < 1.29 is 18.7 Å². The first-order valence-corrected chi connectivity index (χ1v) is 8.93. The summed E-state index contributed by atoms with van der Waals surface area (Å²) < 4.78 is 10.8. The van der Waals surface area contributed by atoms with Gasteiger partial charge in [0.1, 0.15) is 5.75 Å². The summed E-state index contributed by atoms with van der Waals surface area (Å²) in [6, 6.07) is 10.7. The van der Waals surface area contributed by atoms with E-state index >= 15 is 0 Å². The lowest BCUT2D eigenvalue weighted by Gasteiger charge is -2.30. The Morgan fingerprint density at radius 3 is 2.42 bits per heavy atom. The van der Waals surface area contributed by atoms with Gasteiger partial charge in [-0.25, -0.2) is 0 Å². The molecule has 138 valence electrons. The molecule has 2 aromatic rings. The van der Waals surface area contributed by atoms with E-state index in [1.807, 2.05) is 38.1 Å². The lowest BCUT2D eigenvalue weighted by atomic mass is 9.95. The summed E-state index contributed by atoms with van der Waals surface area (Å²) in [5.41, 5.74) is 0.750. The van der Waals surface area contributed by atoms with Crippen LogP contribution in [0.25, 0.3) is 0 Å². The minimum atomic E-state index is -0.116. The van der Waals surface area contributed by atoms with Gasteiger partial charge in [0, 0.05) is 24.7 Å². The highest BCUT2D eigenvalue weighted by molar-refractivity contribution is 5.94. The van der Waals surface area contributed by atoms with Crippen LogP contribution in [-0.4, -0.2) is 35.9 Å². The molecule has 1 saturated heterocycles. The van der Waals surface area contributed by atoms with Crippen molar-refractivity contribution in [2.75, 3.05) is 18.4 Å². The van der Waals surface area contributed by atoms with Crippen LogP contribution in [0.1, 0.15) is 37.2 Å². The molecule has 1 aromatic carbocycles. The van der Waals surface area contributed by atoms with Crippen LogP contribution in [0.15, 0.2) is 47.1 Å². The molecule has 0 spiro atoms. The molecule has 1 N–H and O–H groups in total. The van der Waals surface area contributed by atoms with Crippen LogP contribution in [0.3, 0.4) is 0 Å². The number of piperidine rings is 1. The smallest absolute Gasteiger partial charge is 0.289 e. The van der Waals surface area contributed by atoms with Gasteiger partial charge in [-0.1, -0.05) is 0 Å². The number of ether oxygens (including phenoxy) is 1. The Kier molecular flexibility index (Phi) is 5.61. The second-order valence-electron chi connectivity index (χ2n) is 6.72. The van der Waals surface area contributed by atoms with Crippen LogP contribution in [0.4, 0.5) is 5.69 Å². The van der Waals surface area contributed by atoms with Crippen molar-refractivity contribution in [3.05, 3.63) is 48.4 Å². The minimum Gasteiger partial charge on any atom is -0.491 e. The minimum absolute atomic E-state index is 0.00683. The predicted molar refractivity (Wildman–Crippen MR) is 98.2 cm³/mol. The van der Waals surface area contributed by atoms with Crippen LogP contribution >= 0.6 is 0 Å². The molecule has 0 atom stereocenters. The maximum Gasteiger partial charge on any atom is 0.289 e. The van der Waals surface area contributed by atoms with Crippen molar-refractivity contribution in [1.82, 2.24) is 4.90 Å². The van der Waals surface area contributed by atoms with Gasteiger partial charge in [-0.05, 0) is 63.1 Å². The van der Waals surface area contributed by atoms with E-state index in [1.165, 1.54) is 6.26 Å². The van der Waals surface area contributed by atoms with E-state index in [2.05, 4.69) is 5.32 Å². The molecule has 6 heteroatoms. The number of hydrogen-bond acceptors (Lipinski definition) is 4. The molecule has 1 aliphatic rings. The Bertz CT molecular complexity index is 730. The topological polar surface area (TPSA) is 71.8 Å². The summed E-state index contributed by atoms with van der Waals surface area (Å²) in [4.78, 5) is 26.5. The molecule has 0 bridgehead atoms. The summed E-state index contributed by atoms with van der Waals surface area (Å²) >= 11 is 0. The van der Waals surface area contributed by atoms with Gasteiger partial charge in [0.25, 0.3) is 5.91 Å². The summed E-state index contributed by atoms with van der Waals surface area (Å²) in [6.07, 6.45) is 2.90. The number of anilines is 1. The number of rotatable bonds is 5. The number of likely N-dealkylation sites (tertiary alicyclic amines) is 1. The van der Waals surface area contributed by atoms with Crippen LogP contribution in [0.5, 0.6) is 5.75 Å². The molecule has 1 aliphatic heterocycles. The fourth-order valence-corrected chi connectivity index (χ4v) is 3.03. The second kappa shape index (κ2) is 8.08. The fraction of sp³-hybridized carbons (Fsp3) is 0.400. The van der Waals surface area contributed by atoms with Crippen molar-refractivity contribution in [1.29, 1.82) is 0 Å². The monoisotopic (exact) mass is 356 g/mol. The van der Waals surface area contributed by atoms with E-state index < -0.39 is 0 Å². The predicted octanol–water partition coefficient (Wildman–Crippen LogP) is 3.56. The first kappa shape index (κ1) is 18.0. The lowest BCUT2D eigenvalue weighted by molar-refractivity contribution is -0.121. The number of benzene rings is 1. The summed E-state index contributed by atoms with van der Waals surface area (Å²) in [7, 11) is 0. The zero-order chi connectivity index (χ0) is 18.5. The number of furan rings is 1. The third kappa shape index (κ3) is 4.45. The van der Waals surface area contributed by atoms with E-state index in [0.29, 0.717) is 31.7 Å². The average Bonchev–Trinajstić information content (AvgIpc) is 3.17. The first-order chi connectivity index (χ1) is 12.5. The number of carbonyl (C=O) groups is 2. The zero-order valence-electron chi connectivity index (χ0n) is 15.1. The van der Waals surface area contributed by atoms with Gasteiger partial charge in [-0.2, -0.15) is 0 Å². The SMILES string of the molecule is CC(C)Oc1ccc(NC(=O)C2CCN(C(=O)c3ccco3)CC2)cc1. The molecule has 0 aliphatic carbocycles. The van der Waals surface area contributed by atoms with Crippen molar-refractivity contribution in [2.45, 2.75) is 32.8 Å². The quantitative estimate of drug-likeness (QED) is 0.889. The molecular weight excluding hydrogens is 332 g/mol. The molecule has 2 heterocycles. The fourth-order valence-electron chi connectivity index (χ4n) is 3.03. The molecule has 0 saturated carbocycles. The molecular formula is C20H24N2O4. The van der Waals surface area contributed by atoms with Gasteiger partial charge in [0.05, 0.1) is 12.4 Å². The molecule has 1 fully saturated rings. The van der Waals surface area contributed by atoms with Gasteiger partial charge in [-0.3, -0.25) is 9.59 Å². The van der Waals surface area contributed by atoms with E-state index in [-0.39, 0.29) is 23.8 Å². The van der Waals surface area contributed by atoms with Crippen molar-refractivity contribution >= 4 is 17.5 Å². The van der Waals surface area contributed by atoms with Crippen LogP contribution in [-0.2, 0) is 4.79 Å². The molecule has 0 radical (unpaired) electrons. The Labute approximate surface area is 153 Å². The van der Waals surface area contributed by atoms with E-state index in [0.717, 1.165) is 11.4 Å². The standard InChI is InChI=1S/C20H24N2O4/c1-14(2)26-17-7-5-16(6-8-17)21-19(23)15-9-11-22(12-10-15)20(24)18-4-3-13-25-18/h3-8,13-15H,9-12H2,1-2H3,(H,21,23). The first-order valence-electron chi connectivity index (χ1n) is 8.93. The highest BCUT2D eigenvalue weighted by atomic mass is 16.5. The maximum absolute atomic E-state index is 12.5. The molecule has 3 rings (SSSR count). The maximum atomic E-state index is 12.5.